The van der Waals surface area contributed by atoms with Crippen LogP contribution in [0.5, 0.6) is 0 Å². The molecule has 230 valence electrons. The third kappa shape index (κ3) is 4.24. The number of rotatable bonds is 4. The Kier molecular flexibility index (Phi) is 6.56. The molecule has 0 N–H and O–H groups in total. The molecular formula is C45H25N5. The minimum atomic E-state index is 0.499. The predicted molar refractivity (Wildman–Crippen MR) is 200 cm³/mol. The van der Waals surface area contributed by atoms with Crippen molar-refractivity contribution >= 4 is 43.6 Å². The van der Waals surface area contributed by atoms with Gasteiger partial charge in [-0.3, -0.25) is 0 Å². The van der Waals surface area contributed by atoms with Gasteiger partial charge in [0.1, 0.15) is 6.07 Å². The fourth-order valence-corrected chi connectivity index (χ4v) is 7.52. The lowest BCUT2D eigenvalue weighted by molar-refractivity contribution is 1.18. The lowest BCUT2D eigenvalue weighted by Gasteiger charge is -2.18. The number of fused-ring (bicyclic) bond motifs is 6. The zero-order chi connectivity index (χ0) is 33.8. The van der Waals surface area contributed by atoms with Gasteiger partial charge >= 0.3 is 0 Å². The summed E-state index contributed by atoms with van der Waals surface area (Å²) in [6, 6.07) is 57.6. The van der Waals surface area contributed by atoms with Crippen LogP contribution in [0.15, 0.2) is 152 Å². The molecule has 5 heteroatoms. The number of nitriles is 3. The molecule has 0 saturated carbocycles. The minimum Gasteiger partial charge on any atom is -0.309 e. The lowest BCUT2D eigenvalue weighted by atomic mass is 9.89. The maximum absolute atomic E-state index is 10.8. The molecule has 0 fully saturated rings. The molecule has 0 aliphatic carbocycles. The van der Waals surface area contributed by atoms with Crippen LogP contribution in [-0.2, 0) is 0 Å². The first kappa shape index (κ1) is 28.8. The van der Waals surface area contributed by atoms with Crippen LogP contribution in [0.1, 0.15) is 16.7 Å². The second-order valence-electron chi connectivity index (χ2n) is 12.3. The van der Waals surface area contributed by atoms with Gasteiger partial charge in [-0.05, 0) is 66.2 Å². The molecule has 0 spiro atoms. The Bertz CT molecular complexity index is 2900. The van der Waals surface area contributed by atoms with E-state index in [1.165, 1.54) is 0 Å². The molecule has 0 bridgehead atoms. The number of hydrogen-bond donors (Lipinski definition) is 0. The summed E-state index contributed by atoms with van der Waals surface area (Å²) in [4.78, 5) is 0. The van der Waals surface area contributed by atoms with Crippen LogP contribution in [0.3, 0.4) is 0 Å². The molecule has 0 amide bonds. The van der Waals surface area contributed by atoms with E-state index in [1.54, 1.807) is 0 Å². The third-order valence-electron chi connectivity index (χ3n) is 9.67. The Balaban J connectivity index is 1.22. The minimum absolute atomic E-state index is 0.499. The Morgan fingerprint density at radius 3 is 1.64 bits per heavy atom. The Labute approximate surface area is 287 Å². The average molecular weight is 636 g/mol. The topological polar surface area (TPSA) is 81.2 Å². The maximum atomic E-state index is 10.8. The summed E-state index contributed by atoms with van der Waals surface area (Å²) in [5.41, 5.74) is 10.7. The van der Waals surface area contributed by atoms with E-state index in [4.69, 9.17) is 0 Å². The van der Waals surface area contributed by atoms with Crippen LogP contribution in [0.2, 0.25) is 0 Å². The molecule has 7 aromatic carbocycles. The highest BCUT2D eigenvalue weighted by Crippen LogP contribution is 2.41. The molecule has 5 nitrogen and oxygen atoms in total. The van der Waals surface area contributed by atoms with E-state index >= 15 is 0 Å². The molecule has 50 heavy (non-hydrogen) atoms. The molecule has 0 radical (unpaired) electrons. The van der Waals surface area contributed by atoms with E-state index in [0.29, 0.717) is 22.3 Å². The monoisotopic (exact) mass is 635 g/mol. The summed E-state index contributed by atoms with van der Waals surface area (Å²) in [6.45, 7) is 0. The van der Waals surface area contributed by atoms with Crippen molar-refractivity contribution in [1.29, 1.82) is 15.8 Å². The first-order valence-corrected chi connectivity index (χ1v) is 16.3. The van der Waals surface area contributed by atoms with E-state index in [1.807, 2.05) is 103 Å². The zero-order valence-electron chi connectivity index (χ0n) is 26.7. The molecule has 0 unspecified atom stereocenters. The summed E-state index contributed by atoms with van der Waals surface area (Å²) in [7, 11) is 0. The molecule has 0 saturated heterocycles. The number of nitrogens with zero attached hydrogens (tertiary/aromatic N) is 5. The quantitative estimate of drug-likeness (QED) is 0.193. The lowest BCUT2D eigenvalue weighted by Crippen LogP contribution is -2.01. The summed E-state index contributed by atoms with van der Waals surface area (Å²) < 4.78 is 4.41. The van der Waals surface area contributed by atoms with Crippen LogP contribution >= 0.6 is 0 Å². The van der Waals surface area contributed by atoms with Gasteiger partial charge in [0.15, 0.2) is 0 Å². The van der Waals surface area contributed by atoms with Gasteiger partial charge < -0.3 is 9.13 Å². The molecule has 2 aromatic heterocycles. The van der Waals surface area contributed by atoms with E-state index < -0.39 is 0 Å². The Morgan fingerprint density at radius 2 is 1.00 bits per heavy atom. The smallest absolute Gasteiger partial charge is 0.100 e. The fraction of sp³-hybridized carbons (Fsp3) is 0. The van der Waals surface area contributed by atoms with E-state index in [9.17, 15) is 15.8 Å². The average Bonchev–Trinajstić information content (AvgIpc) is 3.70. The van der Waals surface area contributed by atoms with Crippen LogP contribution in [0, 0.1) is 34.0 Å². The van der Waals surface area contributed by atoms with Gasteiger partial charge in [-0.25, -0.2) is 0 Å². The van der Waals surface area contributed by atoms with Crippen molar-refractivity contribution in [2.45, 2.75) is 0 Å². The molecule has 0 atom stereocenters. The summed E-state index contributed by atoms with van der Waals surface area (Å²) in [5.74, 6) is 0. The van der Waals surface area contributed by atoms with Crippen molar-refractivity contribution < 1.29 is 0 Å². The second kappa shape index (κ2) is 11.4. The van der Waals surface area contributed by atoms with Crippen LogP contribution in [0.4, 0.5) is 0 Å². The predicted octanol–water partition coefficient (Wildman–Crippen LogP) is 10.8. The standard InChI is InChI=1S/C45H25N5/c46-26-29-19-24-43-38(25-29)36-12-3-4-15-40(36)49(43)32-22-20-30(21-23-32)33-13-8-14-37(39(33)28-48)45-31(27-47)9-7-18-44(45)50-41-16-5-1-10-34(41)35-11-2-6-17-42(35)50/h1-25H. The number of benzene rings is 7. The highest BCUT2D eigenvalue weighted by atomic mass is 15.0. The van der Waals surface area contributed by atoms with Gasteiger partial charge in [-0.1, -0.05) is 91.0 Å². The molecule has 2 heterocycles. The summed E-state index contributed by atoms with van der Waals surface area (Å²) in [6.07, 6.45) is 0. The molecule has 9 rings (SSSR count). The van der Waals surface area contributed by atoms with Gasteiger partial charge in [0.25, 0.3) is 0 Å². The van der Waals surface area contributed by atoms with Crippen molar-refractivity contribution in [3.05, 3.63) is 168 Å². The number of hydrogen-bond acceptors (Lipinski definition) is 3. The van der Waals surface area contributed by atoms with Gasteiger partial charge in [0, 0.05) is 43.9 Å². The molecule has 0 aliphatic heterocycles. The van der Waals surface area contributed by atoms with Crippen molar-refractivity contribution in [2.75, 3.05) is 0 Å². The summed E-state index contributed by atoms with van der Waals surface area (Å²) in [5, 5.41) is 35.1. The van der Waals surface area contributed by atoms with Crippen molar-refractivity contribution in [3.8, 4) is 51.8 Å². The van der Waals surface area contributed by atoms with Crippen LogP contribution in [-0.4, -0.2) is 9.13 Å². The zero-order valence-corrected chi connectivity index (χ0v) is 26.7. The van der Waals surface area contributed by atoms with Crippen LogP contribution < -0.4 is 0 Å². The highest BCUT2D eigenvalue weighted by Gasteiger charge is 2.22. The highest BCUT2D eigenvalue weighted by molar-refractivity contribution is 6.11. The number of aromatic nitrogens is 2. The Morgan fingerprint density at radius 1 is 0.420 bits per heavy atom. The van der Waals surface area contributed by atoms with Gasteiger partial charge in [-0.15, -0.1) is 0 Å². The van der Waals surface area contributed by atoms with Gasteiger partial charge in [0.2, 0.25) is 0 Å². The SMILES string of the molecule is N#Cc1ccc2c(c1)c1ccccc1n2-c1ccc(-c2cccc(-c3c(C#N)cccc3-n3c4ccccc4c4ccccc43)c2C#N)cc1. The van der Waals surface area contributed by atoms with Crippen molar-refractivity contribution in [1.82, 2.24) is 9.13 Å². The third-order valence-corrected chi connectivity index (χ3v) is 9.67. The summed E-state index contributed by atoms with van der Waals surface area (Å²) >= 11 is 0. The van der Waals surface area contributed by atoms with Gasteiger partial charge in [-0.2, -0.15) is 15.8 Å². The largest absolute Gasteiger partial charge is 0.309 e. The van der Waals surface area contributed by atoms with E-state index in [0.717, 1.165) is 71.7 Å². The van der Waals surface area contributed by atoms with E-state index in [-0.39, 0.29) is 0 Å². The van der Waals surface area contributed by atoms with Crippen molar-refractivity contribution in [2.24, 2.45) is 0 Å². The molecule has 9 aromatic rings. The second-order valence-corrected chi connectivity index (χ2v) is 12.3. The van der Waals surface area contributed by atoms with Crippen LogP contribution in [0.25, 0.3) is 77.2 Å². The molecule has 0 aliphatic rings. The maximum Gasteiger partial charge on any atom is 0.100 e. The fourth-order valence-electron chi connectivity index (χ4n) is 7.52. The van der Waals surface area contributed by atoms with Gasteiger partial charge in [0.05, 0.1) is 56.6 Å². The first-order valence-electron chi connectivity index (χ1n) is 16.3. The first-order chi connectivity index (χ1) is 24.7. The number of para-hydroxylation sites is 3. The van der Waals surface area contributed by atoms with E-state index in [2.05, 4.69) is 75.9 Å². The Hall–Kier alpha value is -7.39. The molecular weight excluding hydrogens is 611 g/mol. The van der Waals surface area contributed by atoms with Crippen molar-refractivity contribution in [3.63, 3.8) is 0 Å². The normalized spacial score (nSPS) is 11.1.